The Kier molecular flexibility index (Phi) is 7.44. The lowest BCUT2D eigenvalue weighted by Crippen LogP contribution is -2.43. The van der Waals surface area contributed by atoms with Crippen molar-refractivity contribution in [3.8, 4) is 5.75 Å². The van der Waals surface area contributed by atoms with Crippen molar-refractivity contribution in [3.05, 3.63) is 54.1 Å². The summed E-state index contributed by atoms with van der Waals surface area (Å²) in [7, 11) is -1.91. The number of methoxy groups -OCH3 is 1. The van der Waals surface area contributed by atoms with Crippen LogP contribution in [0.25, 0.3) is 0 Å². The van der Waals surface area contributed by atoms with Crippen molar-refractivity contribution in [1.29, 1.82) is 0 Å². The average Bonchev–Trinajstić information content (AvgIpc) is 2.79. The van der Waals surface area contributed by atoms with E-state index >= 15 is 0 Å². The van der Waals surface area contributed by atoms with Crippen molar-refractivity contribution in [2.45, 2.75) is 35.6 Å². The van der Waals surface area contributed by atoms with Crippen LogP contribution < -0.4 is 10.1 Å². The highest BCUT2D eigenvalue weighted by molar-refractivity contribution is 7.98. The summed E-state index contributed by atoms with van der Waals surface area (Å²) in [5.74, 6) is 0.560. The van der Waals surface area contributed by atoms with E-state index in [1.165, 1.54) is 4.31 Å². The first-order chi connectivity index (χ1) is 14.3. The molecule has 1 heterocycles. The minimum atomic E-state index is -3.53. The number of hydrogen-bond donors (Lipinski definition) is 1. The number of amides is 1. The second kappa shape index (κ2) is 9.85. The Hall–Kier alpha value is -2.03. The molecule has 3 rings (SSSR count). The number of benzene rings is 2. The summed E-state index contributed by atoms with van der Waals surface area (Å²) in [5.41, 5.74) is 0.998. The third-order valence-corrected chi connectivity index (χ3v) is 8.15. The maximum atomic E-state index is 12.9. The van der Waals surface area contributed by atoms with E-state index < -0.39 is 10.0 Å². The van der Waals surface area contributed by atoms with E-state index in [9.17, 15) is 13.2 Å². The standard InChI is InChI=1S/C22H28N2O4S2/c1-16(17-4-6-19(28-2)7-5-17)23-22(25)18-12-14-24(15-13-18)30(26,27)21-10-8-20(29-3)9-11-21/h4-11,16,18H,12-15H2,1-3H3,(H,23,25)/t16-/m0/s1. The molecule has 8 heteroatoms. The molecule has 0 aromatic heterocycles. The SMILES string of the molecule is COc1ccc([C@H](C)NC(=O)C2CCN(S(=O)(=O)c3ccc(SC)cc3)CC2)cc1. The van der Waals surface area contributed by atoms with Crippen molar-refractivity contribution >= 4 is 27.7 Å². The van der Waals surface area contributed by atoms with Gasteiger partial charge in [0.25, 0.3) is 0 Å². The smallest absolute Gasteiger partial charge is 0.243 e. The number of nitrogens with one attached hydrogen (secondary N) is 1. The quantitative estimate of drug-likeness (QED) is 0.654. The zero-order valence-electron chi connectivity index (χ0n) is 17.5. The number of nitrogens with zero attached hydrogens (tertiary/aromatic N) is 1. The van der Waals surface area contributed by atoms with Crippen LogP contribution in [0.4, 0.5) is 0 Å². The zero-order valence-corrected chi connectivity index (χ0v) is 19.1. The summed E-state index contributed by atoms with van der Waals surface area (Å²) in [6, 6.07) is 14.4. The molecule has 0 bridgehead atoms. The summed E-state index contributed by atoms with van der Waals surface area (Å²) in [5, 5.41) is 3.05. The Morgan fingerprint density at radius 1 is 1.10 bits per heavy atom. The van der Waals surface area contributed by atoms with Gasteiger partial charge in [-0.05, 0) is 68.0 Å². The van der Waals surface area contributed by atoms with Gasteiger partial charge >= 0.3 is 0 Å². The van der Waals surface area contributed by atoms with Crippen LogP contribution in [0.5, 0.6) is 5.75 Å². The van der Waals surface area contributed by atoms with Crippen LogP contribution in [0.1, 0.15) is 31.4 Å². The second-order valence-electron chi connectivity index (χ2n) is 7.36. The molecular weight excluding hydrogens is 420 g/mol. The van der Waals surface area contributed by atoms with Gasteiger partial charge in [0.05, 0.1) is 18.0 Å². The number of carbonyl (C=O) groups is 1. The topological polar surface area (TPSA) is 75.7 Å². The molecule has 1 aliphatic heterocycles. The van der Waals surface area contributed by atoms with E-state index in [0.717, 1.165) is 16.2 Å². The van der Waals surface area contributed by atoms with E-state index in [4.69, 9.17) is 4.74 Å². The number of hydrogen-bond acceptors (Lipinski definition) is 5. The van der Waals surface area contributed by atoms with Crippen LogP contribution in [-0.2, 0) is 14.8 Å². The highest BCUT2D eigenvalue weighted by Gasteiger charge is 2.32. The number of carbonyl (C=O) groups excluding carboxylic acids is 1. The van der Waals surface area contributed by atoms with Crippen molar-refractivity contribution in [1.82, 2.24) is 9.62 Å². The Labute approximate surface area is 183 Å². The van der Waals surface area contributed by atoms with E-state index in [1.807, 2.05) is 49.6 Å². The lowest BCUT2D eigenvalue weighted by Gasteiger charge is -2.31. The monoisotopic (exact) mass is 448 g/mol. The van der Waals surface area contributed by atoms with Crippen LogP contribution in [-0.4, -0.2) is 45.1 Å². The molecule has 162 valence electrons. The molecule has 0 radical (unpaired) electrons. The summed E-state index contributed by atoms with van der Waals surface area (Å²) >= 11 is 1.57. The predicted octanol–water partition coefficient (Wildman–Crippen LogP) is 3.70. The molecule has 1 amide bonds. The van der Waals surface area contributed by atoms with Crippen LogP contribution >= 0.6 is 11.8 Å². The van der Waals surface area contributed by atoms with E-state index in [1.54, 1.807) is 31.0 Å². The number of thioether (sulfide) groups is 1. The van der Waals surface area contributed by atoms with Gasteiger partial charge in [0, 0.05) is 23.9 Å². The Bertz CT molecular complexity index is 952. The van der Waals surface area contributed by atoms with Crippen LogP contribution in [0.2, 0.25) is 0 Å². The molecule has 1 saturated heterocycles. The van der Waals surface area contributed by atoms with E-state index in [0.29, 0.717) is 30.8 Å². The lowest BCUT2D eigenvalue weighted by molar-refractivity contribution is -0.126. The second-order valence-corrected chi connectivity index (χ2v) is 10.2. The molecule has 1 fully saturated rings. The molecule has 0 saturated carbocycles. The van der Waals surface area contributed by atoms with Gasteiger partial charge in [-0.2, -0.15) is 4.31 Å². The summed E-state index contributed by atoms with van der Waals surface area (Å²) in [6.07, 6.45) is 2.99. The average molecular weight is 449 g/mol. The van der Waals surface area contributed by atoms with Crippen molar-refractivity contribution in [3.63, 3.8) is 0 Å². The van der Waals surface area contributed by atoms with Gasteiger partial charge in [-0.3, -0.25) is 4.79 Å². The number of ether oxygens (including phenoxy) is 1. The van der Waals surface area contributed by atoms with Crippen LogP contribution in [0, 0.1) is 5.92 Å². The van der Waals surface area contributed by atoms with Crippen molar-refractivity contribution < 1.29 is 17.9 Å². The zero-order chi connectivity index (χ0) is 21.7. The highest BCUT2D eigenvalue weighted by Crippen LogP contribution is 2.26. The maximum Gasteiger partial charge on any atom is 0.243 e. The summed E-state index contributed by atoms with van der Waals surface area (Å²) < 4.78 is 32.4. The minimum Gasteiger partial charge on any atom is -0.497 e. The normalized spacial score (nSPS) is 16.8. The van der Waals surface area contributed by atoms with E-state index in [-0.39, 0.29) is 17.9 Å². The van der Waals surface area contributed by atoms with Gasteiger partial charge in [-0.25, -0.2) is 8.42 Å². The molecular formula is C22H28N2O4S2. The highest BCUT2D eigenvalue weighted by atomic mass is 32.2. The fourth-order valence-electron chi connectivity index (χ4n) is 3.56. The number of rotatable bonds is 7. The molecule has 0 spiro atoms. The predicted molar refractivity (Wildman–Crippen MR) is 119 cm³/mol. The molecule has 2 aromatic rings. The van der Waals surface area contributed by atoms with Gasteiger partial charge in [-0.1, -0.05) is 12.1 Å². The molecule has 1 N–H and O–H groups in total. The third-order valence-electron chi connectivity index (χ3n) is 5.50. The maximum absolute atomic E-state index is 12.9. The fourth-order valence-corrected chi connectivity index (χ4v) is 5.44. The molecule has 30 heavy (non-hydrogen) atoms. The number of piperidine rings is 1. The Morgan fingerprint density at radius 2 is 1.70 bits per heavy atom. The molecule has 1 aliphatic rings. The molecule has 0 aliphatic carbocycles. The summed E-state index contributed by atoms with van der Waals surface area (Å²) in [4.78, 5) is 14.0. The molecule has 1 atom stereocenters. The first-order valence-corrected chi connectivity index (χ1v) is 12.6. The van der Waals surface area contributed by atoms with Crippen LogP contribution in [0.15, 0.2) is 58.3 Å². The third kappa shape index (κ3) is 5.17. The lowest BCUT2D eigenvalue weighted by atomic mass is 9.96. The Balaban J connectivity index is 1.56. The van der Waals surface area contributed by atoms with E-state index in [2.05, 4.69) is 5.32 Å². The minimum absolute atomic E-state index is 0.0281. The van der Waals surface area contributed by atoms with Gasteiger partial charge < -0.3 is 10.1 Å². The largest absolute Gasteiger partial charge is 0.497 e. The summed E-state index contributed by atoms with van der Waals surface area (Å²) in [6.45, 7) is 2.64. The first-order valence-electron chi connectivity index (χ1n) is 9.93. The molecule has 2 aromatic carbocycles. The van der Waals surface area contributed by atoms with Gasteiger partial charge in [-0.15, -0.1) is 11.8 Å². The van der Waals surface area contributed by atoms with Gasteiger partial charge in [0.2, 0.25) is 15.9 Å². The fraction of sp³-hybridized carbons (Fsp3) is 0.409. The van der Waals surface area contributed by atoms with Gasteiger partial charge in [0.15, 0.2) is 0 Å². The van der Waals surface area contributed by atoms with Crippen molar-refractivity contribution in [2.24, 2.45) is 5.92 Å². The first kappa shape index (κ1) is 22.7. The Morgan fingerprint density at radius 3 is 2.23 bits per heavy atom. The number of sulfonamides is 1. The molecule has 0 unspecified atom stereocenters. The van der Waals surface area contributed by atoms with Gasteiger partial charge in [0.1, 0.15) is 5.75 Å². The van der Waals surface area contributed by atoms with Crippen LogP contribution in [0.3, 0.4) is 0 Å². The molecule has 6 nitrogen and oxygen atoms in total. The van der Waals surface area contributed by atoms with Crippen molar-refractivity contribution in [2.75, 3.05) is 26.5 Å².